The van der Waals surface area contributed by atoms with Gasteiger partial charge in [0.1, 0.15) is 11.0 Å². The molecule has 0 amide bonds. The summed E-state index contributed by atoms with van der Waals surface area (Å²) >= 11 is 5.80. The highest BCUT2D eigenvalue weighted by molar-refractivity contribution is 6.29. The number of halogens is 1. The summed E-state index contributed by atoms with van der Waals surface area (Å²) < 4.78 is 0. The van der Waals surface area contributed by atoms with Crippen LogP contribution in [0.2, 0.25) is 5.15 Å². The predicted molar refractivity (Wildman–Crippen MR) is 68.7 cm³/mol. The van der Waals surface area contributed by atoms with Crippen LogP contribution < -0.4 is 4.90 Å². The molecule has 0 bridgehead atoms. The fourth-order valence-electron chi connectivity index (χ4n) is 1.64. The molecule has 0 aliphatic carbocycles. The first kappa shape index (κ1) is 13.7. The van der Waals surface area contributed by atoms with E-state index in [4.69, 9.17) is 11.6 Å². The Kier molecular flexibility index (Phi) is 4.69. The second-order valence-electron chi connectivity index (χ2n) is 3.81. The van der Waals surface area contributed by atoms with Crippen LogP contribution in [0, 0.1) is 10.1 Å². The number of nitro groups is 1. The molecule has 0 radical (unpaired) electrons. The van der Waals surface area contributed by atoms with Crippen LogP contribution in [-0.4, -0.2) is 22.5 Å². The second-order valence-corrected chi connectivity index (χ2v) is 4.19. The van der Waals surface area contributed by atoms with Gasteiger partial charge in [-0.05, 0) is 20.3 Å². The van der Waals surface area contributed by atoms with Crippen molar-refractivity contribution >= 4 is 23.1 Å². The minimum Gasteiger partial charge on any atom is -0.354 e. The Labute approximate surface area is 106 Å². The lowest BCUT2D eigenvalue weighted by Gasteiger charge is -2.28. The fraction of sp³-hybridized carbons (Fsp3) is 0.545. The molecule has 5 nitrogen and oxygen atoms in total. The van der Waals surface area contributed by atoms with Gasteiger partial charge in [0.25, 0.3) is 5.69 Å². The molecule has 1 aromatic heterocycles. The molecule has 17 heavy (non-hydrogen) atoms. The largest absolute Gasteiger partial charge is 0.354 e. The Bertz CT molecular complexity index is 412. The first-order valence-corrected chi connectivity index (χ1v) is 5.96. The molecule has 94 valence electrons. The van der Waals surface area contributed by atoms with Crippen LogP contribution in [0.1, 0.15) is 27.2 Å². The normalized spacial score (nSPS) is 12.2. The van der Waals surface area contributed by atoms with Gasteiger partial charge < -0.3 is 4.90 Å². The van der Waals surface area contributed by atoms with Gasteiger partial charge in [-0.3, -0.25) is 10.1 Å². The number of pyridine rings is 1. The van der Waals surface area contributed by atoms with Crippen molar-refractivity contribution in [2.24, 2.45) is 0 Å². The minimum atomic E-state index is -0.457. The molecule has 0 saturated carbocycles. The Morgan fingerprint density at radius 2 is 2.18 bits per heavy atom. The second kappa shape index (κ2) is 5.82. The molecule has 1 rings (SSSR count). The van der Waals surface area contributed by atoms with Crippen molar-refractivity contribution in [3.8, 4) is 0 Å². The summed E-state index contributed by atoms with van der Waals surface area (Å²) in [6, 6.07) is 2.99. The van der Waals surface area contributed by atoms with Crippen molar-refractivity contribution in [3.05, 3.63) is 27.4 Å². The van der Waals surface area contributed by atoms with Crippen LogP contribution in [-0.2, 0) is 0 Å². The summed E-state index contributed by atoms with van der Waals surface area (Å²) in [5.41, 5.74) is -0.0262. The van der Waals surface area contributed by atoms with E-state index in [0.29, 0.717) is 5.82 Å². The molecule has 1 unspecified atom stereocenters. The molecule has 1 atom stereocenters. The zero-order valence-corrected chi connectivity index (χ0v) is 10.9. The van der Waals surface area contributed by atoms with E-state index in [1.807, 2.05) is 11.8 Å². The predicted octanol–water partition coefficient (Wildman–Crippen LogP) is 3.27. The van der Waals surface area contributed by atoms with Crippen LogP contribution in [0.15, 0.2) is 12.1 Å². The van der Waals surface area contributed by atoms with Crippen molar-refractivity contribution < 1.29 is 4.92 Å². The number of rotatable bonds is 5. The van der Waals surface area contributed by atoms with E-state index in [1.54, 1.807) is 0 Å². The lowest BCUT2D eigenvalue weighted by molar-refractivity contribution is -0.384. The SMILES string of the molecule is CCC(C)N(CC)c1cc([N+](=O)[O-])cc(Cl)n1. The van der Waals surface area contributed by atoms with Crippen molar-refractivity contribution in [2.45, 2.75) is 33.2 Å². The quantitative estimate of drug-likeness (QED) is 0.461. The lowest BCUT2D eigenvalue weighted by atomic mass is 10.2. The summed E-state index contributed by atoms with van der Waals surface area (Å²) in [4.78, 5) is 16.4. The molecule has 1 aromatic rings. The Morgan fingerprint density at radius 1 is 1.53 bits per heavy atom. The van der Waals surface area contributed by atoms with Gasteiger partial charge in [-0.15, -0.1) is 0 Å². The summed E-state index contributed by atoms with van der Waals surface area (Å²) in [7, 11) is 0. The van der Waals surface area contributed by atoms with Crippen LogP contribution in [0.3, 0.4) is 0 Å². The minimum absolute atomic E-state index is 0.0262. The monoisotopic (exact) mass is 257 g/mol. The first-order chi connectivity index (χ1) is 7.99. The summed E-state index contributed by atoms with van der Waals surface area (Å²) in [5.74, 6) is 0.557. The summed E-state index contributed by atoms with van der Waals surface area (Å²) in [6.45, 7) is 6.84. The number of hydrogen-bond acceptors (Lipinski definition) is 4. The van der Waals surface area contributed by atoms with Gasteiger partial charge in [-0.25, -0.2) is 4.98 Å². The van der Waals surface area contributed by atoms with E-state index >= 15 is 0 Å². The molecule has 0 aliphatic heterocycles. The summed E-state index contributed by atoms with van der Waals surface area (Å²) in [6.07, 6.45) is 0.940. The lowest BCUT2D eigenvalue weighted by Crippen LogP contribution is -2.33. The van der Waals surface area contributed by atoms with Gasteiger partial charge in [0.2, 0.25) is 0 Å². The van der Waals surface area contributed by atoms with Gasteiger partial charge in [0.05, 0.1) is 17.1 Å². The third-order valence-electron chi connectivity index (χ3n) is 2.73. The number of nitrogens with zero attached hydrogens (tertiary/aromatic N) is 3. The van der Waals surface area contributed by atoms with Crippen LogP contribution in [0.4, 0.5) is 11.5 Å². The zero-order chi connectivity index (χ0) is 13.0. The Hall–Kier alpha value is -1.36. The molecule has 0 aromatic carbocycles. The average Bonchev–Trinajstić information content (AvgIpc) is 2.28. The average molecular weight is 258 g/mol. The van der Waals surface area contributed by atoms with Crippen LogP contribution >= 0.6 is 11.6 Å². The van der Waals surface area contributed by atoms with Crippen LogP contribution in [0.5, 0.6) is 0 Å². The maximum absolute atomic E-state index is 10.8. The van der Waals surface area contributed by atoms with Gasteiger partial charge in [-0.1, -0.05) is 18.5 Å². The van der Waals surface area contributed by atoms with Crippen molar-refractivity contribution in [3.63, 3.8) is 0 Å². The Morgan fingerprint density at radius 3 is 2.65 bits per heavy atom. The molecule has 0 aliphatic rings. The van der Waals surface area contributed by atoms with Crippen LogP contribution in [0.25, 0.3) is 0 Å². The molecular weight excluding hydrogens is 242 g/mol. The molecule has 1 heterocycles. The highest BCUT2D eigenvalue weighted by Crippen LogP contribution is 2.24. The van der Waals surface area contributed by atoms with Gasteiger partial charge in [0, 0.05) is 12.6 Å². The first-order valence-electron chi connectivity index (χ1n) is 5.58. The van der Waals surface area contributed by atoms with E-state index in [0.717, 1.165) is 13.0 Å². The number of hydrogen-bond donors (Lipinski definition) is 0. The third kappa shape index (κ3) is 3.30. The topological polar surface area (TPSA) is 59.3 Å². The summed E-state index contributed by atoms with van der Waals surface area (Å²) in [5, 5.41) is 10.9. The zero-order valence-electron chi connectivity index (χ0n) is 10.2. The van der Waals surface area contributed by atoms with E-state index < -0.39 is 4.92 Å². The molecule has 0 fully saturated rings. The fourth-order valence-corrected chi connectivity index (χ4v) is 1.84. The Balaban J connectivity index is 3.15. The highest BCUT2D eigenvalue weighted by atomic mass is 35.5. The van der Waals surface area contributed by atoms with E-state index in [-0.39, 0.29) is 16.9 Å². The smallest absolute Gasteiger partial charge is 0.276 e. The molecule has 0 saturated heterocycles. The maximum Gasteiger partial charge on any atom is 0.276 e. The molecular formula is C11H16ClN3O2. The van der Waals surface area contributed by atoms with E-state index in [9.17, 15) is 10.1 Å². The number of aromatic nitrogens is 1. The van der Waals surface area contributed by atoms with E-state index in [2.05, 4.69) is 18.8 Å². The number of anilines is 1. The van der Waals surface area contributed by atoms with Crippen molar-refractivity contribution in [2.75, 3.05) is 11.4 Å². The maximum atomic E-state index is 10.8. The van der Waals surface area contributed by atoms with E-state index in [1.165, 1.54) is 12.1 Å². The van der Waals surface area contributed by atoms with Gasteiger partial charge in [0.15, 0.2) is 0 Å². The molecule has 6 heteroatoms. The van der Waals surface area contributed by atoms with Crippen molar-refractivity contribution in [1.82, 2.24) is 4.98 Å². The third-order valence-corrected chi connectivity index (χ3v) is 2.93. The van der Waals surface area contributed by atoms with Gasteiger partial charge >= 0.3 is 0 Å². The van der Waals surface area contributed by atoms with Crippen molar-refractivity contribution in [1.29, 1.82) is 0 Å². The molecule has 0 spiro atoms. The highest BCUT2D eigenvalue weighted by Gasteiger charge is 2.17. The van der Waals surface area contributed by atoms with Gasteiger partial charge in [-0.2, -0.15) is 0 Å². The standard InChI is InChI=1S/C11H16ClN3O2/c1-4-8(3)14(5-2)11-7-9(15(16)17)6-10(12)13-11/h6-8H,4-5H2,1-3H3. The molecule has 0 N–H and O–H groups in total.